The zero-order chi connectivity index (χ0) is 18.3. The number of hydrogen-bond donors (Lipinski definition) is 2. The molecular weight excluding hydrogens is 406 g/mol. The summed E-state index contributed by atoms with van der Waals surface area (Å²) >= 11 is 3.25. The van der Waals surface area contributed by atoms with Gasteiger partial charge in [-0.15, -0.1) is 0 Å². The normalized spacial score (nSPS) is 16.7. The van der Waals surface area contributed by atoms with Crippen LogP contribution in [0.3, 0.4) is 0 Å². The maximum absolute atomic E-state index is 12.1. The first-order valence-corrected chi connectivity index (χ1v) is 10.8. The number of carbonyl (C=O) groups is 1. The van der Waals surface area contributed by atoms with Gasteiger partial charge in [-0.2, -0.15) is 0 Å². The molecule has 1 aromatic carbocycles. The Morgan fingerprint density at radius 3 is 2.68 bits per heavy atom. The summed E-state index contributed by atoms with van der Waals surface area (Å²) in [6.07, 6.45) is 3.49. The van der Waals surface area contributed by atoms with Gasteiger partial charge in [0.25, 0.3) is 0 Å². The lowest BCUT2D eigenvalue weighted by atomic mass is 9.94. The van der Waals surface area contributed by atoms with Gasteiger partial charge in [0, 0.05) is 24.0 Å². The molecule has 1 fully saturated rings. The van der Waals surface area contributed by atoms with Crippen LogP contribution in [0, 0.1) is 5.92 Å². The highest BCUT2D eigenvalue weighted by atomic mass is 79.9. The lowest BCUT2D eigenvalue weighted by Gasteiger charge is -2.28. The highest BCUT2D eigenvalue weighted by molar-refractivity contribution is 9.10. The second kappa shape index (κ2) is 9.66. The number of likely N-dealkylation sites (tertiary alicyclic amines) is 1. The Morgan fingerprint density at radius 2 is 2.00 bits per heavy atom. The smallest absolute Gasteiger partial charge is 0.240 e. The van der Waals surface area contributed by atoms with E-state index in [-0.39, 0.29) is 23.8 Å². The number of halogens is 1. The van der Waals surface area contributed by atoms with E-state index in [1.807, 2.05) is 0 Å². The first kappa shape index (κ1) is 20.4. The highest BCUT2D eigenvalue weighted by Gasteiger charge is 2.17. The first-order valence-electron chi connectivity index (χ1n) is 8.57. The Morgan fingerprint density at radius 1 is 1.28 bits per heavy atom. The van der Waals surface area contributed by atoms with Crippen LogP contribution in [-0.2, 0) is 14.8 Å². The maximum atomic E-state index is 12.1. The fourth-order valence-electron chi connectivity index (χ4n) is 2.87. The van der Waals surface area contributed by atoms with E-state index in [1.165, 1.54) is 25.0 Å². The predicted molar refractivity (Wildman–Crippen MR) is 102 cm³/mol. The number of hydrogen-bond acceptors (Lipinski definition) is 4. The van der Waals surface area contributed by atoms with E-state index >= 15 is 0 Å². The van der Waals surface area contributed by atoms with Crippen molar-refractivity contribution in [3.8, 4) is 0 Å². The second-order valence-corrected chi connectivity index (χ2v) is 9.17. The molecule has 1 amide bonds. The van der Waals surface area contributed by atoms with E-state index in [4.69, 9.17) is 0 Å². The molecule has 0 aliphatic carbocycles. The van der Waals surface area contributed by atoms with E-state index in [0.717, 1.165) is 19.5 Å². The molecular formula is C17H26BrN3O3S. The Hall–Kier alpha value is -0.960. The van der Waals surface area contributed by atoms with Crippen LogP contribution in [-0.4, -0.2) is 52.5 Å². The van der Waals surface area contributed by atoms with Crippen molar-refractivity contribution in [2.24, 2.45) is 5.92 Å². The molecule has 0 atom stereocenters. The summed E-state index contributed by atoms with van der Waals surface area (Å²) in [4.78, 5) is 14.4. The number of sulfonamides is 1. The lowest BCUT2D eigenvalue weighted by molar-refractivity contribution is -0.120. The molecule has 8 heteroatoms. The molecule has 0 saturated carbocycles. The lowest BCUT2D eigenvalue weighted by Crippen LogP contribution is -2.34. The molecule has 0 unspecified atom stereocenters. The number of amides is 1. The van der Waals surface area contributed by atoms with Crippen molar-refractivity contribution in [2.75, 3.05) is 33.2 Å². The van der Waals surface area contributed by atoms with Crippen molar-refractivity contribution in [3.63, 3.8) is 0 Å². The Labute approximate surface area is 158 Å². The molecule has 25 heavy (non-hydrogen) atoms. The van der Waals surface area contributed by atoms with Crippen LogP contribution in [0.4, 0.5) is 0 Å². The third-order valence-electron chi connectivity index (χ3n) is 4.46. The fraction of sp³-hybridized carbons (Fsp3) is 0.588. The average molecular weight is 432 g/mol. The van der Waals surface area contributed by atoms with Crippen LogP contribution < -0.4 is 10.0 Å². The summed E-state index contributed by atoms with van der Waals surface area (Å²) in [6, 6.07) is 6.48. The van der Waals surface area contributed by atoms with Crippen LogP contribution >= 0.6 is 15.9 Å². The number of benzene rings is 1. The summed E-state index contributed by atoms with van der Waals surface area (Å²) < 4.78 is 27.5. The molecule has 0 radical (unpaired) electrons. The Bertz CT molecular complexity index is 673. The van der Waals surface area contributed by atoms with Gasteiger partial charge in [-0.1, -0.05) is 22.0 Å². The van der Waals surface area contributed by atoms with E-state index in [1.54, 1.807) is 12.1 Å². The van der Waals surface area contributed by atoms with Gasteiger partial charge >= 0.3 is 0 Å². The van der Waals surface area contributed by atoms with Gasteiger partial charge in [0.15, 0.2) is 0 Å². The molecule has 1 aliphatic rings. The second-order valence-electron chi connectivity index (χ2n) is 6.49. The van der Waals surface area contributed by atoms with Gasteiger partial charge < -0.3 is 10.2 Å². The molecule has 140 valence electrons. The molecule has 1 aliphatic heterocycles. The first-order chi connectivity index (χ1) is 11.9. The number of rotatable bonds is 8. The van der Waals surface area contributed by atoms with Crippen LogP contribution in [0.5, 0.6) is 0 Å². The van der Waals surface area contributed by atoms with Crippen molar-refractivity contribution in [2.45, 2.75) is 30.6 Å². The number of nitrogens with one attached hydrogen (secondary N) is 2. The van der Waals surface area contributed by atoms with Crippen LogP contribution in [0.15, 0.2) is 33.6 Å². The molecule has 6 nitrogen and oxygen atoms in total. The standard InChI is InChI=1S/C17H26BrN3O3S/c1-21-11-7-14(8-12-21)5-9-19-17(22)6-10-20-25(23,24)16-4-2-3-15(18)13-16/h2-4,13-14,20H,5-12H2,1H3,(H,19,22). The van der Waals surface area contributed by atoms with E-state index in [9.17, 15) is 13.2 Å². The van der Waals surface area contributed by atoms with Crippen molar-refractivity contribution in [1.82, 2.24) is 14.9 Å². The van der Waals surface area contributed by atoms with Crippen molar-refractivity contribution in [1.29, 1.82) is 0 Å². The number of carbonyl (C=O) groups excluding carboxylic acids is 1. The summed E-state index contributed by atoms with van der Waals surface area (Å²) in [5, 5.41) is 2.88. The molecule has 1 aromatic rings. The van der Waals surface area contributed by atoms with Crippen LogP contribution in [0.25, 0.3) is 0 Å². The molecule has 1 saturated heterocycles. The zero-order valence-electron chi connectivity index (χ0n) is 14.5. The SMILES string of the molecule is CN1CCC(CCNC(=O)CCNS(=O)(=O)c2cccc(Br)c2)CC1. The molecule has 2 N–H and O–H groups in total. The quantitative estimate of drug-likeness (QED) is 0.659. The molecule has 0 spiro atoms. The van der Waals surface area contributed by atoms with Gasteiger partial charge in [-0.3, -0.25) is 4.79 Å². The van der Waals surface area contributed by atoms with Crippen molar-refractivity contribution >= 4 is 31.9 Å². The Kier molecular flexibility index (Phi) is 7.86. The van der Waals surface area contributed by atoms with E-state index in [2.05, 4.69) is 37.9 Å². The van der Waals surface area contributed by atoms with Crippen molar-refractivity contribution < 1.29 is 13.2 Å². The molecule has 1 heterocycles. The summed E-state index contributed by atoms with van der Waals surface area (Å²) in [7, 11) is -1.45. The Balaban J connectivity index is 1.65. The minimum atomic E-state index is -3.59. The van der Waals surface area contributed by atoms with Gasteiger partial charge in [0.1, 0.15) is 0 Å². The van der Waals surface area contributed by atoms with Gasteiger partial charge in [-0.05, 0) is 63.5 Å². The minimum Gasteiger partial charge on any atom is -0.356 e. The summed E-state index contributed by atoms with van der Waals surface area (Å²) in [6.45, 7) is 2.99. The summed E-state index contributed by atoms with van der Waals surface area (Å²) in [5.74, 6) is 0.552. The van der Waals surface area contributed by atoms with E-state index in [0.29, 0.717) is 16.9 Å². The third-order valence-corrected chi connectivity index (χ3v) is 6.42. The maximum Gasteiger partial charge on any atom is 0.240 e. The minimum absolute atomic E-state index is 0.0922. The zero-order valence-corrected chi connectivity index (χ0v) is 16.9. The molecule has 2 rings (SSSR count). The average Bonchev–Trinajstić information content (AvgIpc) is 2.56. The molecule has 0 aromatic heterocycles. The molecule has 0 bridgehead atoms. The highest BCUT2D eigenvalue weighted by Crippen LogP contribution is 2.18. The third kappa shape index (κ3) is 7.05. The van der Waals surface area contributed by atoms with Crippen LogP contribution in [0.1, 0.15) is 25.7 Å². The van der Waals surface area contributed by atoms with Crippen LogP contribution in [0.2, 0.25) is 0 Å². The van der Waals surface area contributed by atoms with Gasteiger partial charge in [0.2, 0.25) is 15.9 Å². The van der Waals surface area contributed by atoms with Crippen molar-refractivity contribution in [3.05, 3.63) is 28.7 Å². The number of nitrogens with zero attached hydrogens (tertiary/aromatic N) is 1. The van der Waals surface area contributed by atoms with E-state index < -0.39 is 10.0 Å². The largest absolute Gasteiger partial charge is 0.356 e. The number of piperidine rings is 1. The monoisotopic (exact) mass is 431 g/mol. The summed E-state index contributed by atoms with van der Waals surface area (Å²) in [5.41, 5.74) is 0. The predicted octanol–water partition coefficient (Wildman–Crippen LogP) is 1.97. The fourth-order valence-corrected chi connectivity index (χ4v) is 4.50. The van der Waals surface area contributed by atoms with Gasteiger partial charge in [0.05, 0.1) is 4.90 Å². The topological polar surface area (TPSA) is 78.5 Å². The van der Waals surface area contributed by atoms with Gasteiger partial charge in [-0.25, -0.2) is 13.1 Å².